The summed E-state index contributed by atoms with van der Waals surface area (Å²) in [6.45, 7) is 15.6. The Bertz CT molecular complexity index is 1330. The molecule has 3 amide bonds. The number of allylic oxidation sites excluding steroid dienone is 1. The number of aliphatic hydroxyl groups excluding tert-OH is 1. The number of amides is 3. The molecule has 1 aromatic carbocycles. The van der Waals surface area contributed by atoms with Crippen LogP contribution in [0.3, 0.4) is 0 Å². The molecular weight excluding hydrogens is 678 g/mol. The topological polar surface area (TPSA) is 125 Å². The van der Waals surface area contributed by atoms with Gasteiger partial charge in [0.05, 0.1) is 37.1 Å². The van der Waals surface area contributed by atoms with Crippen LogP contribution in [0, 0.1) is 17.8 Å². The standard InChI is InChI=1S/C37H52BrN3O7/c1-7-10-17-29(43)39-21-28(25-15-12-11-13-16-25)47-36(46)30-31-34(44)41(26(22-42)19-23(4)5)33(37(31)20-27(38)32(30)48-37)35(45)40(18-9-3)24(6)14-8-2/h7,9,11-13,15-16,23-24,26-28,30-33,42H,1,3,8,10,14,17-22H2,2,4-6H3,(H,39,43)/t24?,26-,27?,28+,30-,31+,32-,33-,37+/m1/s1. The van der Waals surface area contributed by atoms with Crippen LogP contribution in [0.5, 0.6) is 0 Å². The van der Waals surface area contributed by atoms with Gasteiger partial charge in [-0.2, -0.15) is 0 Å². The molecular formula is C37H52BrN3O7. The number of ether oxygens (including phenoxy) is 2. The van der Waals surface area contributed by atoms with E-state index in [1.807, 2.05) is 51.1 Å². The van der Waals surface area contributed by atoms with Crippen molar-refractivity contribution >= 4 is 39.6 Å². The normalized spacial score (nSPS) is 27.7. The van der Waals surface area contributed by atoms with Crippen molar-refractivity contribution in [3.8, 4) is 0 Å². The molecule has 1 spiro atoms. The van der Waals surface area contributed by atoms with Gasteiger partial charge in [0.1, 0.15) is 17.7 Å². The number of benzene rings is 1. The maximum Gasteiger partial charge on any atom is 0.313 e. The van der Waals surface area contributed by atoms with Crippen molar-refractivity contribution in [1.82, 2.24) is 15.1 Å². The number of likely N-dealkylation sites (tertiary alicyclic amines) is 1. The van der Waals surface area contributed by atoms with Gasteiger partial charge in [-0.3, -0.25) is 19.2 Å². The summed E-state index contributed by atoms with van der Waals surface area (Å²) in [5.74, 6) is -3.33. The van der Waals surface area contributed by atoms with Crippen LogP contribution < -0.4 is 5.32 Å². The molecule has 2 unspecified atom stereocenters. The molecule has 0 aliphatic carbocycles. The lowest BCUT2D eigenvalue weighted by Gasteiger charge is -2.41. The number of alkyl halides is 1. The van der Waals surface area contributed by atoms with Gasteiger partial charge in [0.15, 0.2) is 0 Å². The first-order chi connectivity index (χ1) is 22.9. The summed E-state index contributed by atoms with van der Waals surface area (Å²) in [5.41, 5.74) is -0.605. The Hall–Kier alpha value is -3.02. The fourth-order valence-corrected chi connectivity index (χ4v) is 8.77. The van der Waals surface area contributed by atoms with Gasteiger partial charge in [0, 0.05) is 23.8 Å². The van der Waals surface area contributed by atoms with E-state index in [4.69, 9.17) is 9.47 Å². The zero-order chi connectivity index (χ0) is 35.2. The molecule has 264 valence electrons. The van der Waals surface area contributed by atoms with Gasteiger partial charge < -0.3 is 29.7 Å². The molecule has 0 saturated carbocycles. The lowest BCUT2D eigenvalue weighted by atomic mass is 9.70. The molecule has 10 nitrogen and oxygen atoms in total. The predicted molar refractivity (Wildman–Crippen MR) is 187 cm³/mol. The van der Waals surface area contributed by atoms with E-state index in [2.05, 4.69) is 41.3 Å². The highest BCUT2D eigenvalue weighted by atomic mass is 79.9. The molecule has 0 aromatic heterocycles. The average molecular weight is 731 g/mol. The minimum absolute atomic E-state index is 0.0471. The van der Waals surface area contributed by atoms with Gasteiger partial charge in [-0.1, -0.05) is 85.6 Å². The van der Waals surface area contributed by atoms with Crippen LogP contribution in [0.25, 0.3) is 0 Å². The third-order valence-electron chi connectivity index (χ3n) is 9.92. The van der Waals surface area contributed by atoms with E-state index in [1.54, 1.807) is 17.1 Å². The van der Waals surface area contributed by atoms with Crippen molar-refractivity contribution in [2.45, 2.75) is 107 Å². The SMILES string of the molecule is C=CCCC(=O)NC[C@H](OC(=O)[C@H]1[C@@H]2O[C@@]3(CC2Br)[C@@H]1C(=O)N([C@@H](CO)CC(C)C)[C@@H]3C(=O)N(CC=C)C(C)CCC)c1ccccc1. The third-order valence-corrected chi connectivity index (χ3v) is 10.8. The number of hydrogen-bond acceptors (Lipinski definition) is 7. The van der Waals surface area contributed by atoms with Gasteiger partial charge in [-0.05, 0) is 44.1 Å². The van der Waals surface area contributed by atoms with Crippen LogP contribution in [-0.4, -0.2) is 93.0 Å². The van der Waals surface area contributed by atoms with E-state index in [1.165, 1.54) is 4.90 Å². The van der Waals surface area contributed by atoms with E-state index < -0.39 is 47.7 Å². The Labute approximate surface area is 293 Å². The molecule has 3 saturated heterocycles. The summed E-state index contributed by atoms with van der Waals surface area (Å²) in [6, 6.07) is 7.33. The van der Waals surface area contributed by atoms with Crippen LogP contribution in [0.2, 0.25) is 0 Å². The lowest BCUT2D eigenvalue weighted by Crippen LogP contribution is -2.60. The molecule has 3 aliphatic rings. The number of esters is 1. The highest BCUT2D eigenvalue weighted by Gasteiger charge is 2.77. The molecule has 2 bridgehead atoms. The maximum atomic E-state index is 14.8. The molecule has 11 heteroatoms. The highest BCUT2D eigenvalue weighted by molar-refractivity contribution is 9.09. The molecule has 4 rings (SSSR count). The quantitative estimate of drug-likeness (QED) is 0.127. The van der Waals surface area contributed by atoms with E-state index >= 15 is 0 Å². The zero-order valence-electron chi connectivity index (χ0n) is 28.7. The van der Waals surface area contributed by atoms with Gasteiger partial charge in [0.2, 0.25) is 17.7 Å². The van der Waals surface area contributed by atoms with Crippen LogP contribution in [0.1, 0.15) is 77.9 Å². The molecule has 3 aliphatic heterocycles. The Balaban J connectivity index is 1.73. The first-order valence-electron chi connectivity index (χ1n) is 17.2. The van der Waals surface area contributed by atoms with Gasteiger partial charge >= 0.3 is 5.97 Å². The fourth-order valence-electron chi connectivity index (χ4n) is 7.83. The first kappa shape index (κ1) is 37.8. The van der Waals surface area contributed by atoms with Crippen molar-refractivity contribution in [2.75, 3.05) is 19.7 Å². The summed E-state index contributed by atoms with van der Waals surface area (Å²) in [5, 5.41) is 13.5. The Morgan fingerprint density at radius 3 is 2.52 bits per heavy atom. The lowest BCUT2D eigenvalue weighted by molar-refractivity contribution is -0.161. The van der Waals surface area contributed by atoms with Gasteiger partial charge in [0.25, 0.3) is 0 Å². The second kappa shape index (κ2) is 16.6. The van der Waals surface area contributed by atoms with Crippen molar-refractivity contribution in [2.24, 2.45) is 17.8 Å². The Morgan fingerprint density at radius 2 is 1.92 bits per heavy atom. The molecule has 2 N–H and O–H groups in total. The fraction of sp³-hybridized carbons (Fsp3) is 0.622. The number of fused-ring (bicyclic) bond motifs is 1. The first-order valence-corrected chi connectivity index (χ1v) is 18.2. The van der Waals surface area contributed by atoms with Crippen LogP contribution in [0.15, 0.2) is 55.6 Å². The number of nitrogens with one attached hydrogen (secondary N) is 1. The Kier molecular flexibility index (Phi) is 13.1. The molecule has 1 aromatic rings. The number of halogens is 1. The third kappa shape index (κ3) is 7.58. The minimum Gasteiger partial charge on any atom is -0.455 e. The largest absolute Gasteiger partial charge is 0.455 e. The molecule has 9 atom stereocenters. The Morgan fingerprint density at radius 1 is 1.21 bits per heavy atom. The average Bonchev–Trinajstić information content (AvgIpc) is 3.66. The molecule has 0 radical (unpaired) electrons. The smallest absolute Gasteiger partial charge is 0.313 e. The summed E-state index contributed by atoms with van der Waals surface area (Å²) in [7, 11) is 0. The maximum absolute atomic E-state index is 14.8. The summed E-state index contributed by atoms with van der Waals surface area (Å²) >= 11 is 3.73. The summed E-state index contributed by atoms with van der Waals surface area (Å²) in [6.07, 6.45) is 5.04. The second-order valence-corrected chi connectivity index (χ2v) is 14.9. The molecule has 3 fully saturated rings. The van der Waals surface area contributed by atoms with E-state index in [9.17, 15) is 24.3 Å². The number of hydrogen-bond donors (Lipinski definition) is 2. The van der Waals surface area contributed by atoms with Gasteiger partial charge in [-0.25, -0.2) is 0 Å². The monoisotopic (exact) mass is 729 g/mol. The molecule has 48 heavy (non-hydrogen) atoms. The van der Waals surface area contributed by atoms with E-state index in [0.29, 0.717) is 24.8 Å². The highest BCUT2D eigenvalue weighted by Crippen LogP contribution is 2.61. The number of carbonyl (C=O) groups excluding carboxylic acids is 4. The van der Waals surface area contributed by atoms with Gasteiger partial charge in [-0.15, -0.1) is 13.2 Å². The summed E-state index contributed by atoms with van der Waals surface area (Å²) < 4.78 is 12.9. The van der Waals surface area contributed by atoms with Crippen LogP contribution in [-0.2, 0) is 28.7 Å². The summed E-state index contributed by atoms with van der Waals surface area (Å²) in [4.78, 5) is 59.2. The van der Waals surface area contributed by atoms with Crippen LogP contribution >= 0.6 is 15.9 Å². The number of aliphatic hydroxyl groups is 1. The van der Waals surface area contributed by atoms with Crippen LogP contribution in [0.4, 0.5) is 0 Å². The predicted octanol–water partition coefficient (Wildman–Crippen LogP) is 4.71. The van der Waals surface area contributed by atoms with E-state index in [0.717, 1.165) is 12.8 Å². The number of rotatable bonds is 18. The van der Waals surface area contributed by atoms with E-state index in [-0.39, 0.29) is 60.6 Å². The minimum atomic E-state index is -1.30. The number of nitrogens with zero attached hydrogens (tertiary/aromatic N) is 2. The number of carbonyl (C=O) groups is 4. The van der Waals surface area contributed by atoms with Crippen molar-refractivity contribution in [1.29, 1.82) is 0 Å². The van der Waals surface area contributed by atoms with Crippen molar-refractivity contribution < 1.29 is 33.8 Å². The van der Waals surface area contributed by atoms with Crippen molar-refractivity contribution in [3.63, 3.8) is 0 Å². The second-order valence-electron chi connectivity index (χ2n) is 13.8. The zero-order valence-corrected chi connectivity index (χ0v) is 30.3. The molecule has 3 heterocycles. The van der Waals surface area contributed by atoms with Crippen molar-refractivity contribution in [3.05, 3.63) is 61.2 Å².